The number of nitrogens with zero attached hydrogens (tertiary/aromatic N) is 2. The number of nitrogens with two attached hydrogens (primary N) is 1. The normalized spacial score (nSPS) is 10.0. The van der Waals surface area contributed by atoms with E-state index in [1.54, 1.807) is 12.3 Å². The fraction of sp³-hybridized carbons (Fsp3) is 0.0909. The second-order valence-electron chi connectivity index (χ2n) is 3.30. The highest BCUT2D eigenvalue weighted by molar-refractivity contribution is 7.15. The first-order valence-corrected chi connectivity index (χ1v) is 5.39. The van der Waals surface area contributed by atoms with E-state index in [4.69, 9.17) is 11.0 Å². The number of nitriles is 1. The fourth-order valence-corrected chi connectivity index (χ4v) is 2.14. The first-order chi connectivity index (χ1) is 7.67. The number of anilines is 1. The molecule has 0 unspecified atom stereocenters. The zero-order chi connectivity index (χ0) is 11.5. The van der Waals surface area contributed by atoms with Gasteiger partial charge in [-0.3, -0.25) is 0 Å². The molecule has 1 aromatic carbocycles. The van der Waals surface area contributed by atoms with Crippen LogP contribution < -0.4 is 5.73 Å². The number of nitrogen functional groups attached to an aromatic ring is 1. The number of hydrogen-bond donors (Lipinski definition) is 1. The molecule has 0 amide bonds. The summed E-state index contributed by atoms with van der Waals surface area (Å²) in [6.45, 7) is 0. The number of hydrogen-bond acceptors (Lipinski definition) is 4. The van der Waals surface area contributed by atoms with Gasteiger partial charge in [-0.25, -0.2) is 9.37 Å². The van der Waals surface area contributed by atoms with Gasteiger partial charge in [-0.15, -0.1) is 11.3 Å². The summed E-state index contributed by atoms with van der Waals surface area (Å²) in [7, 11) is 0. The Bertz CT molecular complexity index is 557. The minimum Gasteiger partial charge on any atom is -0.375 e. The van der Waals surface area contributed by atoms with Crippen molar-refractivity contribution in [2.24, 2.45) is 0 Å². The van der Waals surface area contributed by atoms with Gasteiger partial charge in [0, 0.05) is 17.5 Å². The Kier molecular flexibility index (Phi) is 2.84. The monoisotopic (exact) mass is 233 g/mol. The molecule has 2 N–H and O–H groups in total. The summed E-state index contributed by atoms with van der Waals surface area (Å²) < 4.78 is 13.1. The molecule has 2 aromatic rings. The van der Waals surface area contributed by atoms with Crippen LogP contribution in [-0.4, -0.2) is 4.98 Å². The van der Waals surface area contributed by atoms with Gasteiger partial charge in [0.15, 0.2) is 5.13 Å². The van der Waals surface area contributed by atoms with Gasteiger partial charge < -0.3 is 5.73 Å². The van der Waals surface area contributed by atoms with Gasteiger partial charge in [0.2, 0.25) is 0 Å². The van der Waals surface area contributed by atoms with Crippen molar-refractivity contribution in [2.75, 3.05) is 5.73 Å². The smallest absolute Gasteiger partial charge is 0.180 e. The van der Waals surface area contributed by atoms with E-state index in [1.807, 2.05) is 6.07 Å². The molecule has 0 spiro atoms. The summed E-state index contributed by atoms with van der Waals surface area (Å²) in [5, 5.41) is 9.20. The molecule has 0 aliphatic carbocycles. The predicted octanol–water partition coefficient (Wildman–Crippen LogP) is 2.33. The fourth-order valence-electron chi connectivity index (χ4n) is 1.42. The molecule has 0 fully saturated rings. The Hall–Kier alpha value is -1.93. The van der Waals surface area contributed by atoms with Gasteiger partial charge in [0.05, 0.1) is 11.6 Å². The first kappa shape index (κ1) is 10.6. The summed E-state index contributed by atoms with van der Waals surface area (Å²) in [5.74, 6) is -0.397. The van der Waals surface area contributed by atoms with Crippen molar-refractivity contribution in [3.05, 3.63) is 46.2 Å². The number of thiazole rings is 1. The van der Waals surface area contributed by atoms with Crippen molar-refractivity contribution in [1.82, 2.24) is 4.98 Å². The summed E-state index contributed by atoms with van der Waals surface area (Å²) in [6, 6.07) is 6.21. The molecule has 0 bridgehead atoms. The molecule has 0 aliphatic rings. The zero-order valence-electron chi connectivity index (χ0n) is 8.27. The van der Waals surface area contributed by atoms with E-state index >= 15 is 0 Å². The Morgan fingerprint density at radius 1 is 1.44 bits per heavy atom. The molecule has 16 heavy (non-hydrogen) atoms. The molecule has 1 heterocycles. The van der Waals surface area contributed by atoms with Gasteiger partial charge >= 0.3 is 0 Å². The molecular weight excluding hydrogens is 225 g/mol. The highest BCUT2D eigenvalue weighted by Crippen LogP contribution is 2.19. The number of aromatic nitrogens is 1. The van der Waals surface area contributed by atoms with Crippen LogP contribution >= 0.6 is 11.3 Å². The van der Waals surface area contributed by atoms with Gasteiger partial charge in [-0.05, 0) is 23.8 Å². The van der Waals surface area contributed by atoms with Crippen LogP contribution in [-0.2, 0) is 6.42 Å². The van der Waals surface area contributed by atoms with E-state index in [-0.39, 0.29) is 0 Å². The minimum absolute atomic E-state index is 0.326. The van der Waals surface area contributed by atoms with Crippen LogP contribution in [0.15, 0.2) is 24.4 Å². The second-order valence-corrected chi connectivity index (χ2v) is 4.45. The lowest BCUT2D eigenvalue weighted by molar-refractivity contribution is 0.625. The van der Waals surface area contributed by atoms with Crippen molar-refractivity contribution in [1.29, 1.82) is 5.26 Å². The summed E-state index contributed by atoms with van der Waals surface area (Å²) in [6.07, 6.45) is 2.21. The number of rotatable bonds is 2. The summed E-state index contributed by atoms with van der Waals surface area (Å²) >= 11 is 1.36. The molecule has 0 atom stereocenters. The lowest BCUT2D eigenvalue weighted by atomic mass is 10.1. The molecule has 3 nitrogen and oxygen atoms in total. The van der Waals surface area contributed by atoms with E-state index in [9.17, 15) is 4.39 Å². The maximum atomic E-state index is 13.1. The van der Waals surface area contributed by atoms with E-state index in [0.717, 1.165) is 10.4 Å². The number of halogens is 1. The Morgan fingerprint density at radius 3 is 2.88 bits per heavy atom. The van der Waals surface area contributed by atoms with Crippen LogP contribution in [0.4, 0.5) is 9.52 Å². The molecule has 0 saturated heterocycles. The van der Waals surface area contributed by atoms with Crippen LogP contribution in [0.25, 0.3) is 0 Å². The van der Waals surface area contributed by atoms with Crippen LogP contribution in [0.3, 0.4) is 0 Å². The molecule has 80 valence electrons. The molecule has 1 aromatic heterocycles. The molecule has 2 rings (SSSR count). The van der Waals surface area contributed by atoms with E-state index < -0.39 is 5.82 Å². The van der Waals surface area contributed by atoms with E-state index in [2.05, 4.69) is 4.98 Å². The largest absolute Gasteiger partial charge is 0.375 e. The minimum atomic E-state index is -0.397. The third-order valence-electron chi connectivity index (χ3n) is 2.04. The van der Waals surface area contributed by atoms with Crippen molar-refractivity contribution in [3.8, 4) is 6.07 Å². The van der Waals surface area contributed by atoms with Gasteiger partial charge in [0.1, 0.15) is 5.82 Å². The quantitative estimate of drug-likeness (QED) is 0.865. The SMILES string of the molecule is N#Cc1cc(F)cc(Cc2cnc(N)s2)c1. The highest BCUT2D eigenvalue weighted by Gasteiger charge is 2.04. The molecule has 0 radical (unpaired) electrons. The molecule has 0 aliphatic heterocycles. The molecule has 0 saturated carbocycles. The van der Waals surface area contributed by atoms with E-state index in [1.165, 1.54) is 23.5 Å². The number of benzene rings is 1. The lowest BCUT2D eigenvalue weighted by Crippen LogP contribution is -1.89. The first-order valence-electron chi connectivity index (χ1n) is 4.57. The Morgan fingerprint density at radius 2 is 2.25 bits per heavy atom. The van der Waals surface area contributed by atoms with Crippen molar-refractivity contribution in [3.63, 3.8) is 0 Å². The van der Waals surface area contributed by atoms with Crippen LogP contribution in [0.5, 0.6) is 0 Å². The average Bonchev–Trinajstić information content (AvgIpc) is 2.63. The summed E-state index contributed by atoms with van der Waals surface area (Å²) in [4.78, 5) is 4.87. The van der Waals surface area contributed by atoms with Crippen molar-refractivity contribution >= 4 is 16.5 Å². The predicted molar refractivity (Wildman–Crippen MR) is 60.4 cm³/mol. The second kappa shape index (κ2) is 4.29. The Labute approximate surface area is 96.0 Å². The van der Waals surface area contributed by atoms with Crippen LogP contribution in [0.1, 0.15) is 16.0 Å². The van der Waals surface area contributed by atoms with Gasteiger partial charge in [-0.1, -0.05) is 0 Å². The highest BCUT2D eigenvalue weighted by atomic mass is 32.1. The van der Waals surface area contributed by atoms with Gasteiger partial charge in [-0.2, -0.15) is 5.26 Å². The van der Waals surface area contributed by atoms with Crippen molar-refractivity contribution in [2.45, 2.75) is 6.42 Å². The van der Waals surface area contributed by atoms with Crippen molar-refractivity contribution < 1.29 is 4.39 Å². The maximum Gasteiger partial charge on any atom is 0.180 e. The average molecular weight is 233 g/mol. The topological polar surface area (TPSA) is 62.7 Å². The van der Waals surface area contributed by atoms with E-state index in [0.29, 0.717) is 17.1 Å². The van der Waals surface area contributed by atoms with Crippen LogP contribution in [0, 0.1) is 17.1 Å². The molecular formula is C11H8FN3S. The third-order valence-corrected chi connectivity index (χ3v) is 2.86. The zero-order valence-corrected chi connectivity index (χ0v) is 9.09. The Balaban J connectivity index is 2.28. The maximum absolute atomic E-state index is 13.1. The lowest BCUT2D eigenvalue weighted by Gasteiger charge is -1.99. The third kappa shape index (κ3) is 2.35. The summed E-state index contributed by atoms with van der Waals surface area (Å²) in [5.41, 5.74) is 6.58. The standard InChI is InChI=1S/C11H8FN3S/c12-9-2-7(1-8(3-9)5-13)4-10-6-15-11(14)16-10/h1-3,6H,4H2,(H2,14,15). The van der Waals surface area contributed by atoms with Crippen LogP contribution in [0.2, 0.25) is 0 Å². The molecule has 5 heteroatoms. The van der Waals surface area contributed by atoms with Gasteiger partial charge in [0.25, 0.3) is 0 Å².